The zero-order valence-electron chi connectivity index (χ0n) is 21.9. The molecule has 8 nitrogen and oxygen atoms in total. The summed E-state index contributed by atoms with van der Waals surface area (Å²) in [6, 6.07) is 8.44. The first-order chi connectivity index (χ1) is 18.1. The molecule has 198 valence electrons. The van der Waals surface area contributed by atoms with Crippen LogP contribution in [0.2, 0.25) is 0 Å². The molecule has 37 heavy (non-hydrogen) atoms. The molecule has 5 aliphatic rings. The first-order valence-corrected chi connectivity index (χ1v) is 14.3. The van der Waals surface area contributed by atoms with Crippen molar-refractivity contribution in [1.82, 2.24) is 20.2 Å². The highest BCUT2D eigenvalue weighted by Gasteiger charge is 2.36. The molecule has 0 aromatic heterocycles. The van der Waals surface area contributed by atoms with E-state index >= 15 is 0 Å². The number of rotatable bonds is 6. The second-order valence-electron chi connectivity index (χ2n) is 11.3. The van der Waals surface area contributed by atoms with Gasteiger partial charge in [0.05, 0.1) is 6.04 Å². The molecule has 1 unspecified atom stereocenters. The number of fused-ring (bicyclic) bond motifs is 1. The van der Waals surface area contributed by atoms with Crippen LogP contribution in [0.3, 0.4) is 0 Å². The molecule has 0 bridgehead atoms. The Morgan fingerprint density at radius 2 is 1.76 bits per heavy atom. The van der Waals surface area contributed by atoms with Crippen LogP contribution in [-0.2, 0) is 4.79 Å². The lowest BCUT2D eigenvalue weighted by Crippen LogP contribution is -2.47. The molecule has 8 heteroatoms. The number of hydrogen-bond acceptors (Lipinski definition) is 7. The van der Waals surface area contributed by atoms with E-state index in [1.54, 1.807) is 0 Å². The zero-order chi connectivity index (χ0) is 25.4. The third-order valence-electron chi connectivity index (χ3n) is 8.41. The summed E-state index contributed by atoms with van der Waals surface area (Å²) in [4.78, 5) is 23.0. The van der Waals surface area contributed by atoms with Crippen LogP contribution >= 0.6 is 0 Å². The van der Waals surface area contributed by atoms with Crippen LogP contribution < -0.4 is 10.7 Å². The second kappa shape index (κ2) is 10.5. The van der Waals surface area contributed by atoms with E-state index in [1.807, 2.05) is 23.1 Å². The number of anilines is 1. The number of piperidine rings is 1. The number of hydrazine groups is 1. The summed E-state index contributed by atoms with van der Waals surface area (Å²) < 4.78 is 0. The predicted octanol–water partition coefficient (Wildman–Crippen LogP) is 4.10. The lowest BCUT2D eigenvalue weighted by molar-refractivity contribution is -0.125. The molecular formula is C29H40N6O2. The summed E-state index contributed by atoms with van der Waals surface area (Å²) in [6.07, 6.45) is 13.9. The van der Waals surface area contributed by atoms with Crippen molar-refractivity contribution in [3.8, 4) is 0 Å². The van der Waals surface area contributed by atoms with Crippen LogP contribution in [0.1, 0.15) is 76.3 Å². The third kappa shape index (κ3) is 5.27. The Labute approximate surface area is 220 Å². The van der Waals surface area contributed by atoms with Crippen LogP contribution in [0.25, 0.3) is 0 Å². The van der Waals surface area contributed by atoms with Crippen LogP contribution in [-0.4, -0.2) is 63.4 Å². The van der Waals surface area contributed by atoms with Gasteiger partial charge in [-0.15, -0.1) is 0 Å². The van der Waals surface area contributed by atoms with Crippen molar-refractivity contribution in [2.24, 2.45) is 10.9 Å². The number of nitrogens with zero attached hydrogens (tertiary/aromatic N) is 4. The molecule has 2 saturated heterocycles. The maximum atomic E-state index is 13.7. The number of aliphatic imine (C=N–C) groups is 1. The largest absolute Gasteiger partial charge is 0.374 e. The van der Waals surface area contributed by atoms with Crippen molar-refractivity contribution in [3.63, 3.8) is 0 Å². The zero-order valence-corrected chi connectivity index (χ0v) is 21.9. The summed E-state index contributed by atoms with van der Waals surface area (Å²) in [5.41, 5.74) is 6.23. The third-order valence-corrected chi connectivity index (χ3v) is 8.41. The first kappa shape index (κ1) is 24.5. The van der Waals surface area contributed by atoms with Gasteiger partial charge in [0.15, 0.2) is 0 Å². The van der Waals surface area contributed by atoms with E-state index < -0.39 is 6.23 Å². The van der Waals surface area contributed by atoms with Gasteiger partial charge in [0.2, 0.25) is 0 Å². The van der Waals surface area contributed by atoms with Crippen molar-refractivity contribution < 1.29 is 9.90 Å². The predicted molar refractivity (Wildman–Crippen MR) is 145 cm³/mol. The van der Waals surface area contributed by atoms with Gasteiger partial charge in [0.1, 0.15) is 23.6 Å². The van der Waals surface area contributed by atoms with E-state index in [2.05, 4.69) is 45.8 Å². The number of hydrogen-bond donors (Lipinski definition) is 3. The van der Waals surface area contributed by atoms with Crippen LogP contribution in [0, 0.1) is 5.92 Å². The van der Waals surface area contributed by atoms with Crippen molar-refractivity contribution in [2.45, 2.75) is 83.0 Å². The number of amides is 1. The van der Waals surface area contributed by atoms with Crippen molar-refractivity contribution in [3.05, 3.63) is 53.6 Å². The Morgan fingerprint density at radius 1 is 1.03 bits per heavy atom. The van der Waals surface area contributed by atoms with E-state index in [0.29, 0.717) is 11.6 Å². The Kier molecular flexibility index (Phi) is 6.95. The molecule has 4 aliphatic heterocycles. The average Bonchev–Trinajstić information content (AvgIpc) is 3.72. The first-order valence-electron chi connectivity index (χ1n) is 14.3. The molecule has 1 saturated carbocycles. The maximum absolute atomic E-state index is 13.7. The normalized spacial score (nSPS) is 27.1. The molecule has 0 radical (unpaired) electrons. The quantitative estimate of drug-likeness (QED) is 0.506. The van der Waals surface area contributed by atoms with Crippen LogP contribution in [0.4, 0.5) is 5.69 Å². The van der Waals surface area contributed by atoms with E-state index in [1.165, 1.54) is 32.1 Å². The van der Waals surface area contributed by atoms with Gasteiger partial charge >= 0.3 is 0 Å². The summed E-state index contributed by atoms with van der Waals surface area (Å²) >= 11 is 0. The Hall–Kier alpha value is -2.84. The standard InChI is InChI=1S/C29H40N6O2/c1-20-8-4-2-7-17-34(20)29(37)25-19-27(33-15-5-3-6-16-33)35-26(31-25)18-24(32-35)21-11-13-23(14-12-21)30-28(36)22-9-10-22/h11-14,18-20,22,24,28,30,32,36H,2-10,15-17H2,1H3/t20?,24-,28-/m1/s1. The minimum Gasteiger partial charge on any atom is -0.374 e. The SMILES string of the molecule is CC1CCCCCN1C(=O)C1=NC2=C[C@H](c3ccc(N[C@H](O)C4CC4)cc3)NN2C(N2CCCCC2)=C1. The second-order valence-corrected chi connectivity index (χ2v) is 11.3. The van der Waals surface area contributed by atoms with Gasteiger partial charge in [-0.05, 0) is 75.6 Å². The summed E-state index contributed by atoms with van der Waals surface area (Å²) in [7, 11) is 0. The molecule has 3 atom stereocenters. The highest BCUT2D eigenvalue weighted by molar-refractivity contribution is 6.43. The van der Waals surface area contributed by atoms with Crippen molar-refractivity contribution >= 4 is 17.3 Å². The Bertz CT molecular complexity index is 1090. The highest BCUT2D eigenvalue weighted by Crippen LogP contribution is 2.35. The monoisotopic (exact) mass is 504 g/mol. The van der Waals surface area contributed by atoms with E-state index in [-0.39, 0.29) is 18.0 Å². The fourth-order valence-electron chi connectivity index (χ4n) is 5.93. The van der Waals surface area contributed by atoms with Crippen molar-refractivity contribution in [1.29, 1.82) is 0 Å². The van der Waals surface area contributed by atoms with Gasteiger partial charge in [-0.2, -0.15) is 0 Å². The smallest absolute Gasteiger partial charge is 0.272 e. The Balaban J connectivity index is 1.25. The average molecular weight is 505 g/mol. The van der Waals surface area contributed by atoms with Gasteiger partial charge in [0.25, 0.3) is 5.91 Å². The summed E-state index contributed by atoms with van der Waals surface area (Å²) in [6.45, 7) is 4.97. The molecule has 1 aromatic carbocycles. The molecule has 6 rings (SSSR count). The minimum atomic E-state index is -0.471. The number of benzene rings is 1. The molecule has 1 amide bonds. The molecule has 1 aromatic rings. The van der Waals surface area contributed by atoms with Gasteiger partial charge in [0, 0.05) is 43.4 Å². The molecular weight excluding hydrogens is 464 g/mol. The fraction of sp³-hybridized carbons (Fsp3) is 0.586. The van der Waals surface area contributed by atoms with E-state index in [4.69, 9.17) is 4.99 Å². The van der Waals surface area contributed by atoms with E-state index in [0.717, 1.165) is 68.2 Å². The molecule has 4 heterocycles. The van der Waals surface area contributed by atoms with Crippen LogP contribution in [0.5, 0.6) is 0 Å². The number of likely N-dealkylation sites (tertiary alicyclic amines) is 2. The van der Waals surface area contributed by atoms with Gasteiger partial charge in [-0.1, -0.05) is 25.0 Å². The molecule has 1 aliphatic carbocycles. The molecule has 3 fully saturated rings. The minimum absolute atomic E-state index is 0.0408. The van der Waals surface area contributed by atoms with Gasteiger partial charge < -0.3 is 20.2 Å². The van der Waals surface area contributed by atoms with Gasteiger partial charge in [-0.3, -0.25) is 4.79 Å². The Morgan fingerprint density at radius 3 is 2.51 bits per heavy atom. The van der Waals surface area contributed by atoms with Gasteiger partial charge in [-0.25, -0.2) is 15.4 Å². The number of nitrogens with one attached hydrogen (secondary N) is 2. The number of aliphatic hydroxyl groups is 1. The molecule has 3 N–H and O–H groups in total. The topological polar surface area (TPSA) is 83.4 Å². The fourth-order valence-corrected chi connectivity index (χ4v) is 5.93. The number of carbonyl (C=O) groups excluding carboxylic acids is 1. The van der Waals surface area contributed by atoms with Crippen molar-refractivity contribution in [2.75, 3.05) is 25.0 Å². The summed E-state index contributed by atoms with van der Waals surface area (Å²) in [5, 5.41) is 15.5. The highest BCUT2D eigenvalue weighted by atomic mass is 16.3. The lowest BCUT2D eigenvalue weighted by atomic mass is 10.1. The summed E-state index contributed by atoms with van der Waals surface area (Å²) in [5.74, 6) is 2.26. The number of carbonyl (C=O) groups is 1. The number of aliphatic hydroxyl groups excluding tert-OH is 1. The lowest BCUT2D eigenvalue weighted by Gasteiger charge is -2.38. The van der Waals surface area contributed by atoms with Crippen LogP contribution in [0.15, 0.2) is 53.1 Å². The maximum Gasteiger partial charge on any atom is 0.272 e. The molecule has 0 spiro atoms. The van der Waals surface area contributed by atoms with E-state index in [9.17, 15) is 9.90 Å².